The van der Waals surface area contributed by atoms with Crippen LogP contribution in [0.1, 0.15) is 35.8 Å². The number of amides is 1. The minimum absolute atomic E-state index is 0.170. The van der Waals surface area contributed by atoms with E-state index in [-0.39, 0.29) is 23.3 Å². The molecular weight excluding hydrogens is 300 g/mol. The van der Waals surface area contributed by atoms with Crippen LogP contribution >= 0.6 is 0 Å². The zero-order chi connectivity index (χ0) is 17.0. The van der Waals surface area contributed by atoms with E-state index in [1.165, 1.54) is 37.4 Å². The lowest BCUT2D eigenvalue weighted by Crippen LogP contribution is -2.33. The van der Waals surface area contributed by atoms with Gasteiger partial charge in [0, 0.05) is 6.54 Å². The van der Waals surface area contributed by atoms with Crippen molar-refractivity contribution in [1.82, 2.24) is 4.90 Å². The summed E-state index contributed by atoms with van der Waals surface area (Å²) in [5.74, 6) is -0.844. The highest BCUT2D eigenvalue weighted by molar-refractivity contribution is 5.97. The van der Waals surface area contributed by atoms with Gasteiger partial charge in [0.05, 0.1) is 18.7 Å². The third kappa shape index (κ3) is 3.67. The number of methoxy groups -OCH3 is 1. The minimum Gasteiger partial charge on any atom is -0.496 e. The largest absolute Gasteiger partial charge is 0.496 e. The van der Waals surface area contributed by atoms with Gasteiger partial charge in [0.2, 0.25) is 0 Å². The number of carbonyl (C=O) groups is 1. The van der Waals surface area contributed by atoms with Crippen LogP contribution in [0.3, 0.4) is 0 Å². The summed E-state index contributed by atoms with van der Waals surface area (Å²) in [6.07, 6.45) is 0. The van der Waals surface area contributed by atoms with Crippen molar-refractivity contribution in [2.24, 2.45) is 0 Å². The van der Waals surface area contributed by atoms with Gasteiger partial charge in [0.25, 0.3) is 5.91 Å². The highest BCUT2D eigenvalue weighted by atomic mass is 19.1. The number of benzene rings is 2. The second-order valence-electron chi connectivity index (χ2n) is 5.16. The average Bonchev–Trinajstić information content (AvgIpc) is 2.55. The summed E-state index contributed by atoms with van der Waals surface area (Å²) < 4.78 is 31.7. The van der Waals surface area contributed by atoms with Crippen LogP contribution < -0.4 is 4.74 Å². The van der Waals surface area contributed by atoms with Crippen LogP contribution in [0.5, 0.6) is 5.75 Å². The van der Waals surface area contributed by atoms with Crippen molar-refractivity contribution < 1.29 is 18.3 Å². The van der Waals surface area contributed by atoms with Crippen LogP contribution in [0.2, 0.25) is 0 Å². The Labute approximate surface area is 134 Å². The zero-order valence-electron chi connectivity index (χ0n) is 13.3. The zero-order valence-corrected chi connectivity index (χ0v) is 13.3. The molecule has 0 bridgehead atoms. The Morgan fingerprint density at radius 1 is 1.13 bits per heavy atom. The standard InChI is InChI=1S/C18H19F2NO2/c1-4-21(12(2)13-5-7-14(19)8-6-13)18(22)16-11-15(20)9-10-17(16)23-3/h5-12H,4H2,1-3H3. The van der Waals surface area contributed by atoms with Gasteiger partial charge >= 0.3 is 0 Å². The third-order valence-corrected chi connectivity index (χ3v) is 3.81. The lowest BCUT2D eigenvalue weighted by atomic mass is 10.0. The summed E-state index contributed by atoms with van der Waals surface area (Å²) in [4.78, 5) is 14.4. The molecule has 1 unspecified atom stereocenters. The van der Waals surface area contributed by atoms with Gasteiger partial charge in [-0.25, -0.2) is 8.78 Å². The van der Waals surface area contributed by atoms with Crippen molar-refractivity contribution in [3.8, 4) is 5.75 Å². The highest BCUT2D eigenvalue weighted by Crippen LogP contribution is 2.26. The normalized spacial score (nSPS) is 11.9. The molecule has 1 atom stereocenters. The summed E-state index contributed by atoms with van der Waals surface area (Å²) in [6, 6.07) is 9.55. The van der Waals surface area contributed by atoms with Crippen LogP contribution in [-0.4, -0.2) is 24.5 Å². The molecule has 0 aromatic heterocycles. The summed E-state index contributed by atoms with van der Waals surface area (Å²) in [5.41, 5.74) is 0.972. The van der Waals surface area contributed by atoms with Gasteiger partial charge in [0.1, 0.15) is 17.4 Å². The van der Waals surface area contributed by atoms with E-state index in [0.717, 1.165) is 5.56 Å². The number of ether oxygens (including phenoxy) is 1. The fraction of sp³-hybridized carbons (Fsp3) is 0.278. The second kappa shape index (κ2) is 7.22. The number of hydrogen-bond acceptors (Lipinski definition) is 2. The first-order valence-electron chi connectivity index (χ1n) is 7.38. The Hall–Kier alpha value is -2.43. The monoisotopic (exact) mass is 319 g/mol. The molecule has 5 heteroatoms. The molecule has 0 saturated carbocycles. The first kappa shape index (κ1) is 16.9. The Morgan fingerprint density at radius 2 is 1.74 bits per heavy atom. The molecular formula is C18H19F2NO2. The van der Waals surface area contributed by atoms with E-state index in [4.69, 9.17) is 4.74 Å². The van der Waals surface area contributed by atoms with Crippen LogP contribution in [0.25, 0.3) is 0 Å². The number of carbonyl (C=O) groups excluding carboxylic acids is 1. The molecule has 0 spiro atoms. The predicted molar refractivity (Wildman–Crippen MR) is 84.5 cm³/mol. The molecule has 1 amide bonds. The van der Waals surface area contributed by atoms with Gasteiger partial charge in [-0.2, -0.15) is 0 Å². The summed E-state index contributed by atoms with van der Waals surface area (Å²) in [5, 5.41) is 0. The molecule has 2 aromatic carbocycles. The maximum atomic E-state index is 13.5. The van der Waals surface area contributed by atoms with E-state index in [0.29, 0.717) is 12.3 Å². The minimum atomic E-state index is -0.500. The van der Waals surface area contributed by atoms with Crippen LogP contribution in [0, 0.1) is 11.6 Å². The smallest absolute Gasteiger partial charge is 0.258 e. The summed E-state index contributed by atoms with van der Waals surface area (Å²) in [7, 11) is 1.43. The number of nitrogens with zero attached hydrogens (tertiary/aromatic N) is 1. The van der Waals surface area contributed by atoms with E-state index in [9.17, 15) is 13.6 Å². The third-order valence-electron chi connectivity index (χ3n) is 3.81. The lowest BCUT2D eigenvalue weighted by molar-refractivity contribution is 0.0698. The van der Waals surface area contributed by atoms with Crippen LogP contribution in [0.15, 0.2) is 42.5 Å². The van der Waals surface area contributed by atoms with E-state index in [1.807, 2.05) is 13.8 Å². The molecule has 0 aliphatic carbocycles. The molecule has 0 saturated heterocycles. The van der Waals surface area contributed by atoms with Gasteiger partial charge in [0.15, 0.2) is 0 Å². The van der Waals surface area contributed by atoms with Gasteiger partial charge in [-0.15, -0.1) is 0 Å². The van der Waals surface area contributed by atoms with Crippen molar-refractivity contribution in [3.63, 3.8) is 0 Å². The van der Waals surface area contributed by atoms with Gasteiger partial charge in [-0.1, -0.05) is 12.1 Å². The topological polar surface area (TPSA) is 29.5 Å². The Balaban J connectivity index is 2.35. The van der Waals surface area contributed by atoms with Crippen LogP contribution in [0.4, 0.5) is 8.78 Å². The summed E-state index contributed by atoms with van der Waals surface area (Å²) in [6.45, 7) is 4.11. The maximum absolute atomic E-state index is 13.5. The SMILES string of the molecule is CCN(C(=O)c1cc(F)ccc1OC)C(C)c1ccc(F)cc1. The molecule has 0 aliphatic rings. The first-order chi connectivity index (χ1) is 11.0. The van der Waals surface area contributed by atoms with E-state index in [1.54, 1.807) is 17.0 Å². The molecule has 0 aliphatic heterocycles. The Bertz CT molecular complexity index is 686. The van der Waals surface area contributed by atoms with Crippen LogP contribution in [-0.2, 0) is 0 Å². The fourth-order valence-corrected chi connectivity index (χ4v) is 2.52. The van der Waals surface area contributed by atoms with Crippen molar-refractivity contribution >= 4 is 5.91 Å². The second-order valence-corrected chi connectivity index (χ2v) is 5.16. The summed E-state index contributed by atoms with van der Waals surface area (Å²) >= 11 is 0. The van der Waals surface area contributed by atoms with Crippen molar-refractivity contribution in [1.29, 1.82) is 0 Å². The molecule has 0 heterocycles. The molecule has 0 radical (unpaired) electrons. The van der Waals surface area contributed by atoms with E-state index < -0.39 is 5.82 Å². The van der Waals surface area contributed by atoms with Gasteiger partial charge in [-0.3, -0.25) is 4.79 Å². The molecule has 23 heavy (non-hydrogen) atoms. The Kier molecular flexibility index (Phi) is 5.32. The molecule has 0 N–H and O–H groups in total. The highest BCUT2D eigenvalue weighted by Gasteiger charge is 2.24. The van der Waals surface area contributed by atoms with Crippen molar-refractivity contribution in [2.75, 3.05) is 13.7 Å². The molecule has 122 valence electrons. The van der Waals surface area contributed by atoms with Crippen molar-refractivity contribution in [2.45, 2.75) is 19.9 Å². The number of rotatable bonds is 5. The quantitative estimate of drug-likeness (QED) is 0.827. The van der Waals surface area contributed by atoms with E-state index >= 15 is 0 Å². The lowest BCUT2D eigenvalue weighted by Gasteiger charge is -2.29. The van der Waals surface area contributed by atoms with Crippen molar-refractivity contribution in [3.05, 3.63) is 65.2 Å². The maximum Gasteiger partial charge on any atom is 0.258 e. The fourth-order valence-electron chi connectivity index (χ4n) is 2.52. The van der Waals surface area contributed by atoms with Gasteiger partial charge < -0.3 is 9.64 Å². The average molecular weight is 319 g/mol. The first-order valence-corrected chi connectivity index (χ1v) is 7.38. The van der Waals surface area contributed by atoms with E-state index in [2.05, 4.69) is 0 Å². The molecule has 0 fully saturated rings. The molecule has 3 nitrogen and oxygen atoms in total. The molecule has 2 aromatic rings. The molecule has 2 rings (SSSR count). The van der Waals surface area contributed by atoms with Gasteiger partial charge in [-0.05, 0) is 49.7 Å². The Morgan fingerprint density at radius 3 is 2.30 bits per heavy atom. The number of hydrogen-bond donors (Lipinski definition) is 0. The predicted octanol–water partition coefficient (Wildman–Crippen LogP) is 4.20. The number of halogens is 2.